The third-order valence-corrected chi connectivity index (χ3v) is 5.86. The molecular formula is C16H26O4. The van der Waals surface area contributed by atoms with Gasteiger partial charge < -0.3 is 15.3 Å². The van der Waals surface area contributed by atoms with Crippen LogP contribution in [0, 0.1) is 22.7 Å². The molecule has 0 heterocycles. The molecular weight excluding hydrogens is 256 g/mol. The van der Waals surface area contributed by atoms with Gasteiger partial charge >= 0.3 is 5.97 Å². The lowest BCUT2D eigenvalue weighted by atomic mass is 9.46. The summed E-state index contributed by atoms with van der Waals surface area (Å²) in [5.41, 5.74) is -0.219. The van der Waals surface area contributed by atoms with Gasteiger partial charge in [-0.1, -0.05) is 25.5 Å². The molecule has 0 saturated heterocycles. The van der Waals surface area contributed by atoms with Gasteiger partial charge in [0.15, 0.2) is 0 Å². The van der Waals surface area contributed by atoms with Crippen molar-refractivity contribution in [2.24, 2.45) is 22.7 Å². The Morgan fingerprint density at radius 2 is 2.05 bits per heavy atom. The van der Waals surface area contributed by atoms with Gasteiger partial charge in [-0.25, -0.2) is 0 Å². The molecule has 4 heteroatoms. The van der Waals surface area contributed by atoms with Crippen LogP contribution >= 0.6 is 0 Å². The molecule has 2 aliphatic carbocycles. The average molecular weight is 282 g/mol. The topological polar surface area (TPSA) is 77.8 Å². The Hall–Kier alpha value is -0.870. The lowest BCUT2D eigenvalue weighted by molar-refractivity contribution is -0.177. The minimum absolute atomic E-state index is 0.0753. The monoisotopic (exact) mass is 282 g/mol. The molecule has 0 aromatic heterocycles. The van der Waals surface area contributed by atoms with Crippen molar-refractivity contribution in [1.29, 1.82) is 0 Å². The smallest absolute Gasteiger partial charge is 0.309 e. The number of fused-ring (bicyclic) bond motifs is 1. The van der Waals surface area contributed by atoms with Crippen molar-refractivity contribution in [3.63, 3.8) is 0 Å². The number of rotatable bonds is 3. The van der Waals surface area contributed by atoms with Gasteiger partial charge in [0.2, 0.25) is 0 Å². The highest BCUT2D eigenvalue weighted by Crippen LogP contribution is 2.61. The summed E-state index contributed by atoms with van der Waals surface area (Å²) < 4.78 is 0. The van der Waals surface area contributed by atoms with Crippen molar-refractivity contribution in [2.75, 3.05) is 6.61 Å². The average Bonchev–Trinajstić information content (AvgIpc) is 2.33. The lowest BCUT2D eigenvalue weighted by Crippen LogP contribution is -2.58. The molecule has 0 unspecified atom stereocenters. The number of carboxylic acid groups (broad SMARTS) is 1. The van der Waals surface area contributed by atoms with Crippen molar-refractivity contribution in [1.82, 2.24) is 0 Å². The highest BCUT2D eigenvalue weighted by atomic mass is 16.4. The van der Waals surface area contributed by atoms with Crippen LogP contribution in [0.1, 0.15) is 46.0 Å². The number of hydrogen-bond donors (Lipinski definition) is 3. The Kier molecular flexibility index (Phi) is 4.00. The molecule has 2 saturated carbocycles. The number of hydrogen-bond acceptors (Lipinski definition) is 3. The van der Waals surface area contributed by atoms with E-state index in [9.17, 15) is 20.1 Å². The predicted molar refractivity (Wildman–Crippen MR) is 76.1 cm³/mol. The largest absolute Gasteiger partial charge is 0.481 e. The van der Waals surface area contributed by atoms with Crippen molar-refractivity contribution in [2.45, 2.75) is 52.1 Å². The standard InChI is InChI=1S/C16H26O4/c1-10-9-12(18)13-15(2,11(10)5-8-17)6-4-7-16(13,3)14(19)20/h11-13,17-18H,1,4-9H2,2-3H3,(H,19,20)/t11-,12+,13-,15-,16-/m1/s1. The maximum atomic E-state index is 11.8. The Balaban J connectivity index is 2.47. The van der Waals surface area contributed by atoms with Crippen LogP contribution in [0.25, 0.3) is 0 Å². The van der Waals surface area contributed by atoms with Crippen molar-refractivity contribution >= 4 is 5.97 Å². The van der Waals surface area contributed by atoms with Gasteiger partial charge in [-0.2, -0.15) is 0 Å². The molecule has 5 atom stereocenters. The van der Waals surface area contributed by atoms with Crippen molar-refractivity contribution < 1.29 is 20.1 Å². The fraction of sp³-hybridized carbons (Fsp3) is 0.812. The Labute approximate surface area is 120 Å². The van der Waals surface area contributed by atoms with Gasteiger partial charge in [0.1, 0.15) is 0 Å². The first-order valence-corrected chi connectivity index (χ1v) is 7.47. The number of carbonyl (C=O) groups is 1. The van der Waals surface area contributed by atoms with E-state index in [-0.39, 0.29) is 23.9 Å². The SMILES string of the molecule is C=C1C[C@H](O)[C@@H]2[C@](C)(CCC[C@@]2(C)C(=O)O)[C@@H]1CCO. The quantitative estimate of drug-likeness (QED) is 0.693. The van der Waals surface area contributed by atoms with Gasteiger partial charge in [0.05, 0.1) is 11.5 Å². The Bertz CT molecular complexity index is 419. The van der Waals surface area contributed by atoms with Crippen LogP contribution in [0.15, 0.2) is 12.2 Å². The molecule has 20 heavy (non-hydrogen) atoms. The van der Waals surface area contributed by atoms with E-state index < -0.39 is 17.5 Å². The Morgan fingerprint density at radius 1 is 1.40 bits per heavy atom. The number of aliphatic hydroxyl groups is 2. The second-order valence-corrected chi connectivity index (χ2v) is 7.05. The molecule has 2 rings (SSSR count). The van der Waals surface area contributed by atoms with Crippen LogP contribution < -0.4 is 0 Å². The highest BCUT2D eigenvalue weighted by Gasteiger charge is 2.60. The number of aliphatic carboxylic acids is 1. The molecule has 0 bridgehead atoms. The summed E-state index contributed by atoms with van der Waals surface area (Å²) in [6.45, 7) is 7.99. The van der Waals surface area contributed by atoms with Crippen molar-refractivity contribution in [3.8, 4) is 0 Å². The van der Waals surface area contributed by atoms with Gasteiger partial charge in [-0.3, -0.25) is 4.79 Å². The van der Waals surface area contributed by atoms with E-state index in [4.69, 9.17) is 0 Å². The van der Waals surface area contributed by atoms with E-state index in [1.54, 1.807) is 6.92 Å². The molecule has 0 spiro atoms. The highest BCUT2D eigenvalue weighted by molar-refractivity contribution is 5.75. The van der Waals surface area contributed by atoms with E-state index in [1.165, 1.54) is 0 Å². The summed E-state index contributed by atoms with van der Waals surface area (Å²) in [7, 11) is 0. The summed E-state index contributed by atoms with van der Waals surface area (Å²) in [6, 6.07) is 0. The molecule has 2 fully saturated rings. The maximum absolute atomic E-state index is 11.8. The zero-order valence-electron chi connectivity index (χ0n) is 12.4. The first kappa shape index (κ1) is 15.5. The van der Waals surface area contributed by atoms with Gasteiger partial charge in [-0.05, 0) is 43.9 Å². The van der Waals surface area contributed by atoms with E-state index in [0.29, 0.717) is 19.3 Å². The normalized spacial score (nSPS) is 45.0. The molecule has 0 radical (unpaired) electrons. The summed E-state index contributed by atoms with van der Waals surface area (Å²) >= 11 is 0. The van der Waals surface area contributed by atoms with Crippen LogP contribution in [0.4, 0.5) is 0 Å². The van der Waals surface area contributed by atoms with E-state index in [2.05, 4.69) is 13.5 Å². The van der Waals surface area contributed by atoms with E-state index in [1.807, 2.05) is 0 Å². The molecule has 0 aromatic carbocycles. The zero-order valence-corrected chi connectivity index (χ0v) is 12.4. The van der Waals surface area contributed by atoms with Crippen LogP contribution in [0.3, 0.4) is 0 Å². The molecule has 3 N–H and O–H groups in total. The third-order valence-electron chi connectivity index (χ3n) is 5.86. The summed E-state index contributed by atoms with van der Waals surface area (Å²) in [5.74, 6) is -0.995. The van der Waals surface area contributed by atoms with E-state index in [0.717, 1.165) is 18.4 Å². The predicted octanol–water partition coefficient (Wildman–Crippen LogP) is 2.20. The molecule has 4 nitrogen and oxygen atoms in total. The maximum Gasteiger partial charge on any atom is 0.309 e. The molecule has 2 aliphatic rings. The second kappa shape index (κ2) is 5.15. The van der Waals surface area contributed by atoms with Crippen molar-refractivity contribution in [3.05, 3.63) is 12.2 Å². The molecule has 0 aromatic rings. The molecule has 0 aliphatic heterocycles. The van der Waals surface area contributed by atoms with Crippen LogP contribution in [-0.4, -0.2) is 34.0 Å². The first-order valence-electron chi connectivity index (χ1n) is 7.47. The molecule has 114 valence electrons. The first-order chi connectivity index (χ1) is 9.27. The minimum Gasteiger partial charge on any atom is -0.481 e. The van der Waals surface area contributed by atoms with Crippen LogP contribution in [-0.2, 0) is 4.79 Å². The lowest BCUT2D eigenvalue weighted by Gasteiger charge is -2.58. The van der Waals surface area contributed by atoms with Crippen LogP contribution in [0.2, 0.25) is 0 Å². The third kappa shape index (κ3) is 2.09. The number of carboxylic acids is 1. The van der Waals surface area contributed by atoms with Crippen LogP contribution in [0.5, 0.6) is 0 Å². The van der Waals surface area contributed by atoms with Gasteiger partial charge in [-0.15, -0.1) is 0 Å². The van der Waals surface area contributed by atoms with E-state index >= 15 is 0 Å². The summed E-state index contributed by atoms with van der Waals surface area (Å²) in [4.78, 5) is 11.8. The fourth-order valence-corrected chi connectivity index (χ4v) is 5.03. The summed E-state index contributed by atoms with van der Waals surface area (Å²) in [6.07, 6.45) is 2.75. The fourth-order valence-electron chi connectivity index (χ4n) is 5.03. The molecule has 0 amide bonds. The summed E-state index contributed by atoms with van der Waals surface area (Å²) in [5, 5.41) is 29.5. The second-order valence-electron chi connectivity index (χ2n) is 7.05. The zero-order chi connectivity index (χ0) is 15.1. The number of aliphatic hydroxyl groups excluding tert-OH is 2. The van der Waals surface area contributed by atoms with Gasteiger partial charge in [0.25, 0.3) is 0 Å². The van der Waals surface area contributed by atoms with Gasteiger partial charge in [0, 0.05) is 12.5 Å². The Morgan fingerprint density at radius 3 is 2.60 bits per heavy atom. The minimum atomic E-state index is -0.888.